The van der Waals surface area contributed by atoms with Crippen molar-refractivity contribution in [2.24, 2.45) is 0 Å². The van der Waals surface area contributed by atoms with Crippen LogP contribution in [0.1, 0.15) is 37.8 Å². The Morgan fingerprint density at radius 2 is 0.962 bits per heavy atom. The molecule has 2 amide bonds. The molecule has 2 aromatic carbocycles. The molecule has 14 heteroatoms. The molecule has 1 N–H and O–H groups in total. The Bertz CT molecular complexity index is 1250. The Balaban J connectivity index is 0.979. The molecule has 53 heavy (non-hydrogen) atoms. The summed E-state index contributed by atoms with van der Waals surface area (Å²) in [5.41, 5.74) is 4.25. The molecular formula is C39H60N2O12. The zero-order chi connectivity index (χ0) is 38.0. The Kier molecular flexibility index (Phi) is 22.0. The van der Waals surface area contributed by atoms with Gasteiger partial charge in [-0.3, -0.25) is 0 Å². The van der Waals surface area contributed by atoms with E-state index in [0.717, 1.165) is 0 Å². The van der Waals surface area contributed by atoms with Crippen LogP contribution in [0.15, 0.2) is 48.5 Å². The molecule has 1 aliphatic carbocycles. The van der Waals surface area contributed by atoms with Crippen molar-refractivity contribution < 1.29 is 57.0 Å². The lowest BCUT2D eigenvalue weighted by Crippen LogP contribution is -2.36. The summed E-state index contributed by atoms with van der Waals surface area (Å²) in [5.74, 6) is 0.0341. The van der Waals surface area contributed by atoms with Gasteiger partial charge in [-0.15, -0.1) is 0 Å². The van der Waals surface area contributed by atoms with Gasteiger partial charge in [-0.25, -0.2) is 9.59 Å². The van der Waals surface area contributed by atoms with Crippen LogP contribution in [-0.4, -0.2) is 155 Å². The monoisotopic (exact) mass is 748 g/mol. The van der Waals surface area contributed by atoms with Gasteiger partial charge in [0.25, 0.3) is 0 Å². The van der Waals surface area contributed by atoms with Gasteiger partial charge in [-0.1, -0.05) is 48.5 Å². The third kappa shape index (κ3) is 19.0. The van der Waals surface area contributed by atoms with E-state index in [-0.39, 0.29) is 18.6 Å². The molecule has 0 unspecified atom stereocenters. The molecule has 14 nitrogen and oxygen atoms in total. The number of rotatable bonds is 29. The second-order valence-electron chi connectivity index (χ2n) is 13.1. The van der Waals surface area contributed by atoms with E-state index in [4.69, 9.17) is 47.4 Å². The van der Waals surface area contributed by atoms with Gasteiger partial charge in [0.2, 0.25) is 0 Å². The number of nitrogens with zero attached hydrogens (tertiary/aromatic N) is 1. The van der Waals surface area contributed by atoms with Gasteiger partial charge in [0.05, 0.1) is 106 Å². The number of amides is 2. The quantitative estimate of drug-likeness (QED) is 0.117. The van der Waals surface area contributed by atoms with E-state index in [1.165, 1.54) is 27.2 Å². The van der Waals surface area contributed by atoms with Crippen LogP contribution in [0.5, 0.6) is 0 Å². The SMILES string of the molecule is CN(CCOCCOCCOCCOCCOCCOCCOCCOCCNC(=O)OCC1c2ccccc2-c2ccccc21)C(=O)OC(C)(C)C. The van der Waals surface area contributed by atoms with E-state index < -0.39 is 11.7 Å². The van der Waals surface area contributed by atoms with Crippen LogP contribution >= 0.6 is 0 Å². The van der Waals surface area contributed by atoms with Gasteiger partial charge in [0, 0.05) is 26.1 Å². The smallest absolute Gasteiger partial charge is 0.410 e. The van der Waals surface area contributed by atoms with Crippen LogP contribution in [0.25, 0.3) is 11.1 Å². The molecule has 0 aromatic heterocycles. The summed E-state index contributed by atoms with van der Waals surface area (Å²) >= 11 is 0. The Morgan fingerprint density at radius 3 is 1.38 bits per heavy atom. The molecule has 0 spiro atoms. The maximum absolute atomic E-state index is 12.2. The summed E-state index contributed by atoms with van der Waals surface area (Å²) in [7, 11) is 1.68. The number of alkyl carbamates (subject to hydrolysis) is 1. The minimum absolute atomic E-state index is 0.0341. The highest BCUT2D eigenvalue weighted by Crippen LogP contribution is 2.44. The van der Waals surface area contributed by atoms with Crippen LogP contribution in [0, 0.1) is 0 Å². The lowest BCUT2D eigenvalue weighted by atomic mass is 9.98. The normalized spacial score (nSPS) is 12.4. The average Bonchev–Trinajstić information content (AvgIpc) is 3.46. The lowest BCUT2D eigenvalue weighted by molar-refractivity contribution is -0.0235. The Labute approximate surface area is 314 Å². The molecule has 0 fully saturated rings. The van der Waals surface area contributed by atoms with Crippen LogP contribution in [-0.2, 0) is 47.4 Å². The number of carbonyl (C=O) groups excluding carboxylic acids is 2. The number of carbonyl (C=O) groups is 2. The number of fused-ring (bicyclic) bond motifs is 3. The molecule has 0 saturated carbocycles. The van der Waals surface area contributed by atoms with Gasteiger partial charge < -0.3 is 57.6 Å². The van der Waals surface area contributed by atoms with Crippen LogP contribution in [0.4, 0.5) is 9.59 Å². The molecule has 298 valence electrons. The number of likely N-dealkylation sites (N-methyl/N-ethyl adjacent to an activating group) is 1. The van der Waals surface area contributed by atoms with Crippen molar-refractivity contribution in [3.8, 4) is 11.1 Å². The maximum Gasteiger partial charge on any atom is 0.410 e. The van der Waals surface area contributed by atoms with Gasteiger partial charge >= 0.3 is 12.2 Å². The first kappa shape index (κ1) is 44.1. The van der Waals surface area contributed by atoms with Crippen molar-refractivity contribution in [2.75, 3.05) is 132 Å². The van der Waals surface area contributed by atoms with Crippen molar-refractivity contribution in [1.82, 2.24) is 10.2 Å². The average molecular weight is 749 g/mol. The van der Waals surface area contributed by atoms with Crippen molar-refractivity contribution in [1.29, 1.82) is 0 Å². The van der Waals surface area contributed by atoms with Crippen LogP contribution < -0.4 is 5.32 Å². The molecule has 0 aliphatic heterocycles. The zero-order valence-electron chi connectivity index (χ0n) is 32.0. The first-order valence-electron chi connectivity index (χ1n) is 18.4. The summed E-state index contributed by atoms with van der Waals surface area (Å²) < 4.78 is 54.8. The zero-order valence-corrected chi connectivity index (χ0v) is 32.0. The molecule has 3 rings (SSSR count). The second kappa shape index (κ2) is 26.4. The third-order valence-corrected chi connectivity index (χ3v) is 7.74. The number of hydrogen-bond acceptors (Lipinski definition) is 12. The highest BCUT2D eigenvalue weighted by atomic mass is 16.6. The highest BCUT2D eigenvalue weighted by molar-refractivity contribution is 5.79. The van der Waals surface area contributed by atoms with Crippen molar-refractivity contribution >= 4 is 12.2 Å². The minimum atomic E-state index is -0.515. The Morgan fingerprint density at radius 1 is 0.585 bits per heavy atom. The van der Waals surface area contributed by atoms with Gasteiger partial charge in [0.15, 0.2) is 0 Å². The van der Waals surface area contributed by atoms with Crippen molar-refractivity contribution in [3.05, 3.63) is 59.7 Å². The molecule has 1 aliphatic rings. The highest BCUT2D eigenvalue weighted by Gasteiger charge is 2.29. The topological polar surface area (TPSA) is 142 Å². The fraction of sp³-hybridized carbons (Fsp3) is 0.641. The molecule has 0 heterocycles. The largest absolute Gasteiger partial charge is 0.449 e. The second-order valence-corrected chi connectivity index (χ2v) is 13.1. The van der Waals surface area contributed by atoms with Gasteiger partial charge in [0.1, 0.15) is 12.2 Å². The number of benzene rings is 2. The number of hydrogen-bond donors (Lipinski definition) is 1. The lowest BCUT2D eigenvalue weighted by Gasteiger charge is -2.24. The van der Waals surface area contributed by atoms with Gasteiger partial charge in [-0.05, 0) is 43.0 Å². The van der Waals surface area contributed by atoms with Crippen LogP contribution in [0.2, 0.25) is 0 Å². The van der Waals surface area contributed by atoms with E-state index in [1.807, 2.05) is 45.0 Å². The third-order valence-electron chi connectivity index (χ3n) is 7.74. The fourth-order valence-corrected chi connectivity index (χ4v) is 5.15. The molecule has 2 aromatic rings. The number of ether oxygens (including phenoxy) is 10. The van der Waals surface area contributed by atoms with Crippen LogP contribution in [0.3, 0.4) is 0 Å². The fourth-order valence-electron chi connectivity index (χ4n) is 5.15. The molecule has 0 radical (unpaired) electrons. The summed E-state index contributed by atoms with van der Waals surface area (Å²) in [6.07, 6.45) is -0.824. The molecular weight excluding hydrogens is 688 g/mol. The first-order chi connectivity index (χ1) is 25.8. The predicted molar refractivity (Wildman–Crippen MR) is 198 cm³/mol. The van der Waals surface area contributed by atoms with Gasteiger partial charge in [-0.2, -0.15) is 0 Å². The van der Waals surface area contributed by atoms with E-state index >= 15 is 0 Å². The van der Waals surface area contributed by atoms with E-state index in [0.29, 0.717) is 119 Å². The molecule has 0 bridgehead atoms. The first-order valence-corrected chi connectivity index (χ1v) is 18.4. The summed E-state index contributed by atoms with van der Waals surface area (Å²) in [6, 6.07) is 16.5. The van der Waals surface area contributed by atoms with E-state index in [1.54, 1.807) is 7.05 Å². The van der Waals surface area contributed by atoms with E-state index in [9.17, 15) is 9.59 Å². The van der Waals surface area contributed by atoms with E-state index in [2.05, 4.69) is 29.6 Å². The summed E-state index contributed by atoms with van der Waals surface area (Å²) in [6.45, 7) is 13.8. The minimum Gasteiger partial charge on any atom is -0.449 e. The van der Waals surface area contributed by atoms with Crippen molar-refractivity contribution in [3.63, 3.8) is 0 Å². The summed E-state index contributed by atoms with van der Waals surface area (Å²) in [5, 5.41) is 2.74. The number of nitrogens with one attached hydrogen (secondary N) is 1. The standard InChI is InChI=1S/C39H60N2O12/c1-39(2,3)53-38(43)41(4)14-16-45-18-20-47-22-24-49-26-28-51-30-29-50-27-25-48-23-21-46-19-17-44-15-13-40-37(42)52-31-36-34-11-7-5-9-32(34)33-10-6-8-12-35(33)36/h5-12,36H,13-31H2,1-4H3,(H,40,42). The summed E-state index contributed by atoms with van der Waals surface area (Å²) in [4.78, 5) is 25.6. The molecule has 0 saturated heterocycles. The van der Waals surface area contributed by atoms with Crippen molar-refractivity contribution in [2.45, 2.75) is 32.3 Å². The Hall–Kier alpha value is -3.34. The maximum atomic E-state index is 12.2. The molecule has 0 atom stereocenters. The predicted octanol–water partition coefficient (Wildman–Crippen LogP) is 4.52.